The molecule has 0 aliphatic carbocycles. The maximum Gasteiger partial charge on any atom is 0.357 e. The van der Waals surface area contributed by atoms with E-state index < -0.39 is 34.4 Å². The van der Waals surface area contributed by atoms with Gasteiger partial charge in [-0.2, -0.15) is 8.42 Å². The minimum Gasteiger partial charge on any atom is -0.460 e. The number of nitrogens with zero attached hydrogens (tertiary/aromatic N) is 2. The molecule has 11 heteroatoms. The Morgan fingerprint density at radius 1 is 0.906 bits per heavy atom. The fraction of sp³-hybridized carbons (Fsp3) is 0.143. The number of carbonyl (C=O) groups is 2. The minimum absolute atomic E-state index is 0.0417. The largest absolute Gasteiger partial charge is 0.460 e. The molecule has 0 spiro atoms. The van der Waals surface area contributed by atoms with E-state index in [0.717, 1.165) is 11.8 Å². The van der Waals surface area contributed by atoms with Gasteiger partial charge < -0.3 is 9.47 Å². The molecule has 2 aromatic carbocycles. The number of hydrazine groups is 1. The highest BCUT2D eigenvalue weighted by Gasteiger charge is 2.30. The lowest BCUT2D eigenvalue weighted by atomic mass is 10.2. The van der Waals surface area contributed by atoms with Crippen LogP contribution >= 0.6 is 11.6 Å². The molecule has 0 amide bonds. The lowest BCUT2D eigenvalue weighted by molar-refractivity contribution is -0.145. The first-order chi connectivity index (χ1) is 15.3. The van der Waals surface area contributed by atoms with Crippen molar-refractivity contribution in [1.29, 1.82) is 0 Å². The molecule has 9 nitrogen and oxygen atoms in total. The van der Waals surface area contributed by atoms with E-state index in [1.807, 2.05) is 6.07 Å². The van der Waals surface area contributed by atoms with E-state index in [1.54, 1.807) is 54.6 Å². The molecule has 0 saturated heterocycles. The predicted octanol–water partition coefficient (Wildman–Crippen LogP) is 2.51. The third-order valence-corrected chi connectivity index (χ3v) is 6.11. The third-order valence-electron chi connectivity index (χ3n) is 4.28. The van der Waals surface area contributed by atoms with Crippen molar-refractivity contribution in [3.8, 4) is 0 Å². The average Bonchev–Trinajstić information content (AvgIpc) is 3.19. The number of benzene rings is 2. The van der Waals surface area contributed by atoms with Crippen molar-refractivity contribution >= 4 is 33.7 Å². The van der Waals surface area contributed by atoms with Crippen molar-refractivity contribution in [1.82, 2.24) is 8.39 Å². The molecule has 0 aliphatic heterocycles. The number of rotatable bonds is 9. The van der Waals surface area contributed by atoms with Gasteiger partial charge in [0, 0.05) is 6.20 Å². The molecule has 1 aromatic heterocycles. The van der Waals surface area contributed by atoms with Crippen molar-refractivity contribution in [2.45, 2.75) is 13.2 Å². The number of hydrogen-bond acceptors (Lipinski definition) is 7. The summed E-state index contributed by atoms with van der Waals surface area (Å²) in [5.41, 5.74) is 1.00. The minimum atomic E-state index is -4.51. The van der Waals surface area contributed by atoms with Gasteiger partial charge in [0.2, 0.25) is 0 Å². The fourth-order valence-electron chi connectivity index (χ4n) is 2.67. The summed E-state index contributed by atoms with van der Waals surface area (Å²) < 4.78 is 36.7. The van der Waals surface area contributed by atoms with Gasteiger partial charge in [-0.15, -0.1) is 4.41 Å². The van der Waals surface area contributed by atoms with Crippen LogP contribution in [0.25, 0.3) is 0 Å². The van der Waals surface area contributed by atoms with Crippen LogP contribution in [-0.4, -0.2) is 35.3 Å². The van der Waals surface area contributed by atoms with Crippen LogP contribution in [0.2, 0.25) is 5.02 Å². The maximum atomic E-state index is 12.8. The van der Waals surface area contributed by atoms with Crippen LogP contribution in [0, 0.1) is 0 Å². The molecule has 0 unspecified atom stereocenters. The molecule has 0 bridgehead atoms. The quantitative estimate of drug-likeness (QED) is 0.285. The Kier molecular flexibility index (Phi) is 7.65. The van der Waals surface area contributed by atoms with E-state index in [0.29, 0.717) is 9.54 Å². The molecule has 3 aromatic rings. The molecule has 3 rings (SSSR count). The maximum absolute atomic E-state index is 12.8. The smallest absolute Gasteiger partial charge is 0.357 e. The summed E-state index contributed by atoms with van der Waals surface area (Å²) in [6.45, 7) is -0.900. The summed E-state index contributed by atoms with van der Waals surface area (Å²) in [7, 11) is -4.51. The van der Waals surface area contributed by atoms with E-state index >= 15 is 0 Å². The molecule has 32 heavy (non-hydrogen) atoms. The van der Waals surface area contributed by atoms with Crippen LogP contribution in [0.4, 0.5) is 0 Å². The highest BCUT2D eigenvalue weighted by molar-refractivity contribution is 7.87. The number of carbonyl (C=O) groups excluding carboxylic acids is 2. The first kappa shape index (κ1) is 23.5. The van der Waals surface area contributed by atoms with Crippen LogP contribution in [0.1, 0.15) is 21.6 Å². The molecule has 0 saturated carbocycles. The number of aromatic nitrogens is 1. The van der Waals surface area contributed by atoms with E-state index in [9.17, 15) is 18.0 Å². The summed E-state index contributed by atoms with van der Waals surface area (Å²) >= 11 is 6.02. The predicted molar refractivity (Wildman–Crippen MR) is 116 cm³/mol. The second-order valence-electron chi connectivity index (χ2n) is 6.57. The number of hydrogen-bond donors (Lipinski definition) is 1. The number of esters is 2. The topological polar surface area (TPSA) is 121 Å². The molecule has 0 fully saturated rings. The zero-order valence-corrected chi connectivity index (χ0v) is 18.3. The highest BCUT2D eigenvalue weighted by Crippen LogP contribution is 2.22. The van der Waals surface area contributed by atoms with Gasteiger partial charge in [-0.3, -0.25) is 10.6 Å². The molecule has 0 aliphatic rings. The van der Waals surface area contributed by atoms with E-state index in [4.69, 9.17) is 26.9 Å². The second-order valence-corrected chi connectivity index (χ2v) is 8.73. The van der Waals surface area contributed by atoms with Crippen LogP contribution in [0.5, 0.6) is 0 Å². The van der Waals surface area contributed by atoms with E-state index in [1.165, 1.54) is 6.07 Å². The zero-order valence-electron chi connectivity index (χ0n) is 16.8. The van der Waals surface area contributed by atoms with E-state index in [2.05, 4.69) is 0 Å². The Morgan fingerprint density at radius 2 is 1.44 bits per heavy atom. The van der Waals surface area contributed by atoms with E-state index in [-0.39, 0.29) is 22.7 Å². The van der Waals surface area contributed by atoms with Crippen molar-refractivity contribution in [3.63, 3.8) is 0 Å². The summed E-state index contributed by atoms with van der Waals surface area (Å²) in [5.74, 6) is 3.79. The van der Waals surface area contributed by atoms with Gasteiger partial charge >= 0.3 is 22.1 Å². The van der Waals surface area contributed by atoms with Gasteiger partial charge in [-0.05, 0) is 17.2 Å². The Morgan fingerprint density at radius 3 is 2.00 bits per heavy atom. The molecule has 168 valence electrons. The fourth-order valence-corrected chi connectivity index (χ4v) is 4.06. The second kappa shape index (κ2) is 10.4. The molecule has 1 heterocycles. The Hall–Kier alpha value is -3.18. The van der Waals surface area contributed by atoms with Gasteiger partial charge in [-0.25, -0.2) is 8.77 Å². The third kappa shape index (κ3) is 5.74. The normalized spacial score (nSPS) is 11.3. The molecule has 0 radical (unpaired) electrons. The summed E-state index contributed by atoms with van der Waals surface area (Å²) in [6, 6.07) is 18.9. The Balaban J connectivity index is 1.68. The van der Waals surface area contributed by atoms with Crippen molar-refractivity contribution in [3.05, 3.63) is 94.8 Å². The summed E-state index contributed by atoms with van der Waals surface area (Å²) in [6.07, 6.45) is 1.05. The van der Waals surface area contributed by atoms with Crippen molar-refractivity contribution in [2.24, 2.45) is 5.84 Å². The number of nitrogens with two attached hydrogens (primary N) is 1. The van der Waals surface area contributed by atoms with Gasteiger partial charge in [0.25, 0.3) is 0 Å². The lowest BCUT2D eigenvalue weighted by Crippen LogP contribution is -2.45. The molecule has 0 atom stereocenters. The molecular weight excluding hydrogens is 458 g/mol. The van der Waals surface area contributed by atoms with Gasteiger partial charge in [0.05, 0.1) is 5.02 Å². The van der Waals surface area contributed by atoms with Gasteiger partial charge in [0.1, 0.15) is 19.8 Å². The Bertz CT molecular complexity index is 1180. The average molecular weight is 478 g/mol. The summed E-state index contributed by atoms with van der Waals surface area (Å²) in [5, 5.41) is -0.147. The zero-order chi connectivity index (χ0) is 23.1. The van der Waals surface area contributed by atoms with Crippen LogP contribution in [0.15, 0.2) is 72.9 Å². The van der Waals surface area contributed by atoms with Gasteiger partial charge in [-0.1, -0.05) is 72.3 Å². The molecule has 2 N–H and O–H groups in total. The Labute approximate surface area is 190 Å². The van der Waals surface area contributed by atoms with Crippen LogP contribution in [-0.2, 0) is 37.7 Å². The molecular formula is C21H20ClN3O6S. The number of ether oxygens (including phenoxy) is 2. The van der Waals surface area contributed by atoms with Crippen LogP contribution < -0.4 is 5.84 Å². The SMILES string of the molecule is NN(CC(=O)OCc1ccccc1)S(=O)(=O)n1ccc(Cl)c1C(=O)OCc1ccccc1. The van der Waals surface area contributed by atoms with Crippen molar-refractivity contribution < 1.29 is 27.5 Å². The van der Waals surface area contributed by atoms with Crippen molar-refractivity contribution in [2.75, 3.05) is 6.54 Å². The first-order valence-corrected chi connectivity index (χ1v) is 11.1. The lowest BCUT2D eigenvalue weighted by Gasteiger charge is -2.18. The van der Waals surface area contributed by atoms with Crippen LogP contribution in [0.3, 0.4) is 0 Å². The van der Waals surface area contributed by atoms with Gasteiger partial charge in [0.15, 0.2) is 5.69 Å². The first-order valence-electron chi connectivity index (χ1n) is 9.34. The highest BCUT2D eigenvalue weighted by atomic mass is 35.5. The monoisotopic (exact) mass is 477 g/mol. The standard InChI is InChI=1S/C21H20ClN3O6S/c22-18-11-12-24(20(18)21(27)31-15-17-9-5-2-6-10-17)32(28,29)25(23)13-19(26)30-14-16-7-3-1-4-8-16/h1-12H,13-15,23H2. The summed E-state index contributed by atoms with van der Waals surface area (Å²) in [4.78, 5) is 24.6. The number of halogens is 1.